The second-order valence-electron chi connectivity index (χ2n) is 4.25. The Morgan fingerprint density at radius 3 is 2.67 bits per heavy atom. The number of hydrogen-bond acceptors (Lipinski definition) is 2. The first kappa shape index (κ1) is 12.6. The molecule has 0 unspecified atom stereocenters. The van der Waals surface area contributed by atoms with Crippen LogP contribution in [0, 0.1) is 19.7 Å². The average Bonchev–Trinajstić information content (AvgIpc) is 2.36. The van der Waals surface area contributed by atoms with Crippen LogP contribution in [-0.2, 0) is 6.42 Å². The van der Waals surface area contributed by atoms with E-state index in [4.69, 9.17) is 4.74 Å². The normalized spacial score (nSPS) is 10.4. The Bertz CT molecular complexity index is 566. The molecular weight excluding hydrogens is 229 g/mol. The van der Waals surface area contributed by atoms with Crippen molar-refractivity contribution >= 4 is 0 Å². The van der Waals surface area contributed by atoms with Crippen molar-refractivity contribution in [2.45, 2.75) is 27.2 Å². The summed E-state index contributed by atoms with van der Waals surface area (Å²) in [4.78, 5) is 4.14. The highest BCUT2D eigenvalue weighted by Gasteiger charge is 2.09. The lowest BCUT2D eigenvalue weighted by Gasteiger charge is -2.12. The molecule has 1 heterocycles. The minimum atomic E-state index is -0.223. The highest BCUT2D eigenvalue weighted by Crippen LogP contribution is 2.28. The molecule has 2 nitrogen and oxygen atoms in total. The Hall–Kier alpha value is -1.90. The van der Waals surface area contributed by atoms with Gasteiger partial charge in [0.2, 0.25) is 0 Å². The van der Waals surface area contributed by atoms with Gasteiger partial charge in [-0.25, -0.2) is 4.39 Å². The van der Waals surface area contributed by atoms with Gasteiger partial charge >= 0.3 is 0 Å². The zero-order valence-electron chi connectivity index (χ0n) is 10.8. The summed E-state index contributed by atoms with van der Waals surface area (Å²) in [6.07, 6.45) is 2.38. The lowest BCUT2D eigenvalue weighted by atomic mass is 10.1. The minimum absolute atomic E-state index is 0.223. The molecule has 0 N–H and O–H groups in total. The quantitative estimate of drug-likeness (QED) is 0.808. The van der Waals surface area contributed by atoms with Gasteiger partial charge in [0.05, 0.1) is 5.69 Å². The maximum absolute atomic E-state index is 13.7. The molecule has 0 fully saturated rings. The van der Waals surface area contributed by atoms with Gasteiger partial charge in [-0.2, -0.15) is 0 Å². The SMILES string of the molecule is CCc1cc(C)c(Oc2cccnc2C)cc1F. The molecular formula is C15H16FNO. The molecule has 18 heavy (non-hydrogen) atoms. The van der Waals surface area contributed by atoms with E-state index in [1.165, 1.54) is 6.07 Å². The number of rotatable bonds is 3. The second-order valence-corrected chi connectivity index (χ2v) is 4.25. The molecule has 0 atom stereocenters. The van der Waals surface area contributed by atoms with Crippen LogP contribution in [0.25, 0.3) is 0 Å². The Balaban J connectivity index is 2.35. The van der Waals surface area contributed by atoms with E-state index < -0.39 is 0 Å². The zero-order chi connectivity index (χ0) is 13.1. The molecule has 94 valence electrons. The van der Waals surface area contributed by atoms with Gasteiger partial charge in [-0.05, 0) is 49.6 Å². The van der Waals surface area contributed by atoms with E-state index in [9.17, 15) is 4.39 Å². The average molecular weight is 245 g/mol. The number of pyridine rings is 1. The Morgan fingerprint density at radius 1 is 1.22 bits per heavy atom. The van der Waals surface area contributed by atoms with Gasteiger partial charge in [-0.15, -0.1) is 0 Å². The molecule has 0 amide bonds. The highest BCUT2D eigenvalue weighted by molar-refractivity contribution is 5.41. The first-order valence-corrected chi connectivity index (χ1v) is 6.00. The molecule has 0 bridgehead atoms. The van der Waals surface area contributed by atoms with Crippen molar-refractivity contribution < 1.29 is 9.13 Å². The summed E-state index contributed by atoms with van der Waals surface area (Å²) in [5.41, 5.74) is 2.43. The van der Waals surface area contributed by atoms with E-state index in [2.05, 4.69) is 4.98 Å². The number of nitrogens with zero attached hydrogens (tertiary/aromatic N) is 1. The summed E-state index contributed by atoms with van der Waals surface area (Å²) in [6.45, 7) is 5.71. The Kier molecular flexibility index (Phi) is 3.60. The van der Waals surface area contributed by atoms with Crippen LogP contribution in [0.2, 0.25) is 0 Å². The smallest absolute Gasteiger partial charge is 0.148 e. The van der Waals surface area contributed by atoms with Crippen LogP contribution in [-0.4, -0.2) is 4.98 Å². The number of hydrogen-bond donors (Lipinski definition) is 0. The van der Waals surface area contributed by atoms with Crippen LogP contribution in [0.15, 0.2) is 30.5 Å². The van der Waals surface area contributed by atoms with Crippen LogP contribution < -0.4 is 4.74 Å². The molecule has 0 aliphatic rings. The largest absolute Gasteiger partial charge is 0.455 e. The third kappa shape index (κ3) is 2.50. The fraction of sp³-hybridized carbons (Fsp3) is 0.267. The van der Waals surface area contributed by atoms with Gasteiger partial charge < -0.3 is 4.74 Å². The van der Waals surface area contributed by atoms with Crippen LogP contribution in [0.1, 0.15) is 23.7 Å². The van der Waals surface area contributed by atoms with Crippen LogP contribution >= 0.6 is 0 Å². The standard InChI is InChI=1S/C15H16FNO/c1-4-12-8-10(2)15(9-13(12)16)18-14-6-5-7-17-11(14)3/h5-9H,4H2,1-3H3. The van der Waals surface area contributed by atoms with E-state index in [0.717, 1.165) is 11.3 Å². The van der Waals surface area contributed by atoms with E-state index in [-0.39, 0.29) is 5.82 Å². The van der Waals surface area contributed by atoms with Crippen LogP contribution in [0.4, 0.5) is 4.39 Å². The van der Waals surface area contributed by atoms with E-state index in [1.807, 2.05) is 32.9 Å². The number of aromatic nitrogens is 1. The summed E-state index contributed by atoms with van der Waals surface area (Å²) in [5, 5.41) is 0. The lowest BCUT2D eigenvalue weighted by Crippen LogP contribution is -1.95. The van der Waals surface area contributed by atoms with Gasteiger partial charge in [-0.3, -0.25) is 4.98 Å². The third-order valence-corrected chi connectivity index (χ3v) is 2.90. The number of halogens is 1. The molecule has 1 aromatic heterocycles. The number of benzene rings is 1. The zero-order valence-corrected chi connectivity index (χ0v) is 10.8. The van der Waals surface area contributed by atoms with Crippen LogP contribution in [0.3, 0.4) is 0 Å². The first-order valence-electron chi connectivity index (χ1n) is 6.00. The Labute approximate surface area is 106 Å². The molecule has 0 spiro atoms. The summed E-state index contributed by atoms with van der Waals surface area (Å²) < 4.78 is 19.5. The summed E-state index contributed by atoms with van der Waals surface area (Å²) >= 11 is 0. The van der Waals surface area contributed by atoms with Crippen molar-refractivity contribution in [3.8, 4) is 11.5 Å². The molecule has 2 rings (SSSR count). The van der Waals surface area contributed by atoms with Gasteiger partial charge in [0.15, 0.2) is 0 Å². The highest BCUT2D eigenvalue weighted by atomic mass is 19.1. The summed E-state index contributed by atoms with van der Waals surface area (Å²) in [6, 6.07) is 6.90. The van der Waals surface area contributed by atoms with Crippen molar-refractivity contribution in [1.29, 1.82) is 0 Å². The monoisotopic (exact) mass is 245 g/mol. The van der Waals surface area contributed by atoms with E-state index in [0.29, 0.717) is 23.5 Å². The van der Waals surface area contributed by atoms with Crippen molar-refractivity contribution in [3.63, 3.8) is 0 Å². The molecule has 0 saturated carbocycles. The number of ether oxygens (including phenoxy) is 1. The minimum Gasteiger partial charge on any atom is -0.455 e. The van der Waals surface area contributed by atoms with Crippen LogP contribution in [0.5, 0.6) is 11.5 Å². The predicted octanol–water partition coefficient (Wildman–Crippen LogP) is 4.19. The molecule has 1 aromatic carbocycles. The van der Waals surface area contributed by atoms with E-state index >= 15 is 0 Å². The molecule has 0 radical (unpaired) electrons. The van der Waals surface area contributed by atoms with Crippen molar-refractivity contribution in [1.82, 2.24) is 4.98 Å². The maximum atomic E-state index is 13.7. The van der Waals surface area contributed by atoms with Gasteiger partial charge in [0, 0.05) is 12.3 Å². The summed E-state index contributed by atoms with van der Waals surface area (Å²) in [7, 11) is 0. The first-order chi connectivity index (χ1) is 8.61. The maximum Gasteiger partial charge on any atom is 0.148 e. The van der Waals surface area contributed by atoms with Gasteiger partial charge in [0.1, 0.15) is 17.3 Å². The van der Waals surface area contributed by atoms with Crippen molar-refractivity contribution in [2.75, 3.05) is 0 Å². The molecule has 0 saturated heterocycles. The topological polar surface area (TPSA) is 22.1 Å². The third-order valence-electron chi connectivity index (χ3n) is 2.90. The molecule has 2 aromatic rings. The van der Waals surface area contributed by atoms with Crippen molar-refractivity contribution in [2.24, 2.45) is 0 Å². The molecule has 3 heteroatoms. The summed E-state index contributed by atoms with van der Waals surface area (Å²) in [5.74, 6) is 0.977. The van der Waals surface area contributed by atoms with Gasteiger partial charge in [0.25, 0.3) is 0 Å². The predicted molar refractivity (Wildman–Crippen MR) is 69.6 cm³/mol. The fourth-order valence-electron chi connectivity index (χ4n) is 1.80. The van der Waals surface area contributed by atoms with E-state index in [1.54, 1.807) is 12.3 Å². The second kappa shape index (κ2) is 5.17. The van der Waals surface area contributed by atoms with Crippen molar-refractivity contribution in [3.05, 3.63) is 53.1 Å². The molecule has 0 aliphatic carbocycles. The number of aryl methyl sites for hydroxylation is 3. The van der Waals surface area contributed by atoms with Gasteiger partial charge in [-0.1, -0.05) is 6.92 Å². The molecule has 0 aliphatic heterocycles. The fourth-order valence-corrected chi connectivity index (χ4v) is 1.80. The Morgan fingerprint density at radius 2 is 2.00 bits per heavy atom. The lowest BCUT2D eigenvalue weighted by molar-refractivity contribution is 0.465.